The van der Waals surface area contributed by atoms with Crippen LogP contribution in [-0.2, 0) is 23.7 Å². The number of esters is 1. The lowest BCUT2D eigenvalue weighted by atomic mass is 9.96. The molecule has 9 heteroatoms. The van der Waals surface area contributed by atoms with Crippen LogP contribution in [0.1, 0.15) is 52.7 Å². The Balaban J connectivity index is 2.45. The number of aromatic nitrogens is 2. The van der Waals surface area contributed by atoms with Crippen LogP contribution >= 0.6 is 0 Å². The molecule has 0 amide bonds. The smallest absolute Gasteiger partial charge is 0.330 e. The molecule has 1 aliphatic heterocycles. The van der Waals surface area contributed by atoms with Gasteiger partial charge in [-0.05, 0) is 12.8 Å². The van der Waals surface area contributed by atoms with Gasteiger partial charge in [0.2, 0.25) is 0 Å². The minimum Gasteiger partial charge on any atom is -0.455 e. The van der Waals surface area contributed by atoms with Gasteiger partial charge < -0.3 is 18.9 Å². The van der Waals surface area contributed by atoms with E-state index in [9.17, 15) is 14.4 Å². The molecule has 30 heavy (non-hydrogen) atoms. The fraction of sp³-hybridized carbons (Fsp3) is 0.667. The first kappa shape index (κ1) is 23.9. The van der Waals surface area contributed by atoms with E-state index in [0.29, 0.717) is 13.2 Å². The summed E-state index contributed by atoms with van der Waals surface area (Å²) in [5.74, 6) is 2.04. The summed E-state index contributed by atoms with van der Waals surface area (Å²) < 4.78 is 24.5. The zero-order chi connectivity index (χ0) is 22.1. The number of ether oxygens (including phenoxy) is 4. The minimum absolute atomic E-state index is 0.00661. The number of unbranched alkanes of at least 4 members (excludes halogenated alkanes) is 2. The predicted octanol–water partition coefficient (Wildman–Crippen LogP) is 1.37. The van der Waals surface area contributed by atoms with Gasteiger partial charge in [-0.25, -0.2) is 4.79 Å². The van der Waals surface area contributed by atoms with Crippen LogP contribution < -0.4 is 11.2 Å². The van der Waals surface area contributed by atoms with Gasteiger partial charge in [-0.1, -0.05) is 32.6 Å². The zero-order valence-corrected chi connectivity index (χ0v) is 17.7. The van der Waals surface area contributed by atoms with E-state index in [1.165, 1.54) is 19.2 Å². The van der Waals surface area contributed by atoms with Crippen molar-refractivity contribution in [2.24, 2.45) is 0 Å². The Kier molecular flexibility index (Phi) is 8.84. The summed E-state index contributed by atoms with van der Waals surface area (Å²) in [6.07, 6.45) is 7.63. The Hall–Kier alpha value is -2.41. The van der Waals surface area contributed by atoms with Gasteiger partial charge in [0.05, 0.1) is 6.61 Å². The number of hydrogen-bond acceptors (Lipinski definition) is 7. The topological polar surface area (TPSA) is 109 Å². The van der Waals surface area contributed by atoms with Crippen LogP contribution in [0.2, 0.25) is 0 Å². The van der Waals surface area contributed by atoms with Crippen molar-refractivity contribution in [1.82, 2.24) is 9.55 Å². The van der Waals surface area contributed by atoms with Gasteiger partial charge >= 0.3 is 11.7 Å². The van der Waals surface area contributed by atoms with Gasteiger partial charge in [0.25, 0.3) is 5.56 Å². The van der Waals surface area contributed by atoms with Crippen molar-refractivity contribution in [1.29, 1.82) is 0 Å². The van der Waals surface area contributed by atoms with Crippen molar-refractivity contribution in [3.63, 3.8) is 0 Å². The second-order valence-corrected chi connectivity index (χ2v) is 7.18. The fourth-order valence-electron chi connectivity index (χ4n) is 3.25. The molecule has 2 heterocycles. The Morgan fingerprint density at radius 3 is 2.60 bits per heavy atom. The molecule has 0 bridgehead atoms. The average molecular weight is 422 g/mol. The van der Waals surface area contributed by atoms with Crippen LogP contribution in [-0.4, -0.2) is 53.2 Å². The number of carbonyl (C=O) groups is 1. The van der Waals surface area contributed by atoms with E-state index >= 15 is 0 Å². The van der Waals surface area contributed by atoms with E-state index in [1.807, 2.05) is 13.8 Å². The molecule has 1 N–H and O–H groups in total. The number of terminal acetylenes is 1. The van der Waals surface area contributed by atoms with Crippen LogP contribution in [0.3, 0.4) is 0 Å². The first-order valence-electron chi connectivity index (χ1n) is 10.2. The summed E-state index contributed by atoms with van der Waals surface area (Å²) in [7, 11) is 0. The van der Waals surface area contributed by atoms with E-state index in [-0.39, 0.29) is 6.61 Å². The highest BCUT2D eigenvalue weighted by atomic mass is 16.6. The number of hydrogen-bond donors (Lipinski definition) is 1. The van der Waals surface area contributed by atoms with E-state index < -0.39 is 41.3 Å². The molecule has 2 rings (SSSR count). The molecule has 4 atom stereocenters. The first-order chi connectivity index (χ1) is 14.4. The molecule has 0 radical (unpaired) electrons. The number of nitrogens with zero attached hydrogens (tertiary/aromatic N) is 1. The molecule has 2 unspecified atom stereocenters. The second kappa shape index (κ2) is 11.1. The highest BCUT2D eigenvalue weighted by Gasteiger charge is 2.58. The maximum absolute atomic E-state index is 12.4. The molecule has 1 aromatic heterocycles. The minimum atomic E-state index is -1.37. The molecule has 9 nitrogen and oxygen atoms in total. The van der Waals surface area contributed by atoms with Gasteiger partial charge in [0.1, 0.15) is 6.10 Å². The van der Waals surface area contributed by atoms with E-state index in [1.54, 1.807) is 0 Å². The highest BCUT2D eigenvalue weighted by molar-refractivity contribution is 5.66. The van der Waals surface area contributed by atoms with Crippen LogP contribution in [0, 0.1) is 12.3 Å². The molecule has 0 spiro atoms. The van der Waals surface area contributed by atoms with Gasteiger partial charge in [0.15, 0.2) is 17.9 Å². The molecule has 0 aliphatic carbocycles. The van der Waals surface area contributed by atoms with Crippen LogP contribution in [0.25, 0.3) is 0 Å². The summed E-state index contributed by atoms with van der Waals surface area (Å²) in [5, 5.41) is 0. The molecule has 1 aliphatic rings. The van der Waals surface area contributed by atoms with Crippen LogP contribution in [0.4, 0.5) is 0 Å². The van der Waals surface area contributed by atoms with Crippen molar-refractivity contribution in [3.8, 4) is 12.3 Å². The molecular formula is C21H30N2O7. The van der Waals surface area contributed by atoms with Gasteiger partial charge in [-0.2, -0.15) is 0 Å². The Bertz CT molecular complexity index is 856. The summed E-state index contributed by atoms with van der Waals surface area (Å²) in [6, 6.07) is 1.18. The van der Waals surface area contributed by atoms with E-state index in [0.717, 1.165) is 30.3 Å². The number of carbonyl (C=O) groups excluding carboxylic acids is 1. The third-order valence-corrected chi connectivity index (χ3v) is 4.80. The summed E-state index contributed by atoms with van der Waals surface area (Å²) in [6.45, 7) is 6.16. The third kappa shape index (κ3) is 5.59. The molecule has 0 aromatic carbocycles. The van der Waals surface area contributed by atoms with Crippen molar-refractivity contribution >= 4 is 5.97 Å². The SMILES string of the molecule is C#CC1(COCCCC)OC(n2ccc(=O)[nH]c2=O)[C@H](OC(C)=O)[C@@H]1OCCCC. The lowest BCUT2D eigenvalue weighted by Crippen LogP contribution is -2.49. The predicted molar refractivity (Wildman–Crippen MR) is 109 cm³/mol. The number of aromatic amines is 1. The number of rotatable bonds is 11. The Morgan fingerprint density at radius 2 is 2.00 bits per heavy atom. The van der Waals surface area contributed by atoms with Gasteiger partial charge in [-0.3, -0.25) is 19.1 Å². The zero-order valence-electron chi connectivity index (χ0n) is 17.7. The molecule has 0 saturated carbocycles. The van der Waals surface area contributed by atoms with Crippen LogP contribution in [0.5, 0.6) is 0 Å². The third-order valence-electron chi connectivity index (χ3n) is 4.80. The average Bonchev–Trinajstić information content (AvgIpc) is 2.99. The molecular weight excluding hydrogens is 392 g/mol. The maximum atomic E-state index is 12.4. The Morgan fingerprint density at radius 1 is 1.30 bits per heavy atom. The number of H-pyrrole nitrogens is 1. The summed E-state index contributed by atoms with van der Waals surface area (Å²) in [5.41, 5.74) is -2.64. The van der Waals surface area contributed by atoms with Gasteiger partial charge in [-0.15, -0.1) is 6.42 Å². The van der Waals surface area contributed by atoms with Gasteiger partial charge in [0, 0.05) is 32.4 Å². The largest absolute Gasteiger partial charge is 0.455 e. The van der Waals surface area contributed by atoms with E-state index in [2.05, 4.69) is 10.9 Å². The molecule has 166 valence electrons. The Labute approximate surface area is 175 Å². The van der Waals surface area contributed by atoms with Crippen molar-refractivity contribution < 1.29 is 23.7 Å². The fourth-order valence-corrected chi connectivity index (χ4v) is 3.25. The van der Waals surface area contributed by atoms with E-state index in [4.69, 9.17) is 25.4 Å². The molecule has 1 aromatic rings. The maximum Gasteiger partial charge on any atom is 0.330 e. The lowest BCUT2D eigenvalue weighted by molar-refractivity contribution is -0.158. The highest BCUT2D eigenvalue weighted by Crippen LogP contribution is 2.40. The van der Waals surface area contributed by atoms with Crippen molar-refractivity contribution in [2.75, 3.05) is 19.8 Å². The van der Waals surface area contributed by atoms with Crippen molar-refractivity contribution in [2.45, 2.75) is 70.5 Å². The van der Waals surface area contributed by atoms with Crippen molar-refractivity contribution in [3.05, 3.63) is 33.1 Å². The summed E-state index contributed by atoms with van der Waals surface area (Å²) >= 11 is 0. The van der Waals surface area contributed by atoms with Crippen LogP contribution in [0.15, 0.2) is 21.9 Å². The molecule has 1 fully saturated rings. The number of nitrogens with one attached hydrogen (secondary N) is 1. The lowest BCUT2D eigenvalue weighted by Gasteiger charge is -2.30. The first-order valence-corrected chi connectivity index (χ1v) is 10.2. The normalized spacial score (nSPS) is 25.7. The standard InChI is InChI=1S/C21H30N2O7/c1-5-8-12-27-14-21(7-3)18(28-13-9-6-2)17(29-15(4)24)19(30-21)23-11-10-16(25)22-20(23)26/h3,10-11,17-19H,5-6,8-9,12-14H2,1-2,4H3,(H,22,25,26)/t17-,18+,19?,21?/m1/s1. The monoisotopic (exact) mass is 422 g/mol. The quantitative estimate of drug-likeness (QED) is 0.326. The second-order valence-electron chi connectivity index (χ2n) is 7.18. The summed E-state index contributed by atoms with van der Waals surface area (Å²) in [4.78, 5) is 37.9. The molecule has 1 saturated heterocycles.